The predicted octanol–water partition coefficient (Wildman–Crippen LogP) is -0.556. The fraction of sp³-hybridized carbons (Fsp3) is 0.933. The van der Waals surface area contributed by atoms with Crippen LogP contribution in [-0.4, -0.2) is 81.4 Å². The lowest BCUT2D eigenvalue weighted by atomic mass is 9.94. The Kier molecular flexibility index (Phi) is 6.98. The Labute approximate surface area is 161 Å². The monoisotopic (exact) mass is 429 g/mol. The van der Waals surface area contributed by atoms with E-state index in [2.05, 4.69) is 0 Å². The SMILES string of the molecule is Cl.NC[C@H]1CCC[C@H]1C(=O)N1CCN(S(=O)(=O)C2CCS(=O)(=O)C2)CC1. The number of nitrogens with two attached hydrogens (primary N) is 1. The fourth-order valence-corrected chi connectivity index (χ4v) is 8.76. The highest BCUT2D eigenvalue weighted by atomic mass is 35.5. The van der Waals surface area contributed by atoms with Crippen molar-refractivity contribution in [3.8, 4) is 0 Å². The zero-order valence-corrected chi connectivity index (χ0v) is 17.2. The summed E-state index contributed by atoms with van der Waals surface area (Å²) in [5.74, 6) is -0.0498. The Morgan fingerprint density at radius 3 is 2.27 bits per heavy atom. The lowest BCUT2D eigenvalue weighted by Crippen LogP contribution is -2.54. The van der Waals surface area contributed by atoms with E-state index in [4.69, 9.17) is 5.73 Å². The van der Waals surface area contributed by atoms with E-state index >= 15 is 0 Å². The van der Waals surface area contributed by atoms with Crippen LogP contribution < -0.4 is 5.73 Å². The lowest BCUT2D eigenvalue weighted by Gasteiger charge is -2.37. The van der Waals surface area contributed by atoms with Crippen molar-refractivity contribution >= 4 is 38.2 Å². The molecule has 26 heavy (non-hydrogen) atoms. The van der Waals surface area contributed by atoms with Crippen molar-refractivity contribution in [2.45, 2.75) is 30.9 Å². The highest BCUT2D eigenvalue weighted by Gasteiger charge is 2.42. The average molecular weight is 430 g/mol. The molecule has 0 aromatic rings. The molecule has 0 spiro atoms. The van der Waals surface area contributed by atoms with Crippen molar-refractivity contribution in [2.75, 3.05) is 44.2 Å². The van der Waals surface area contributed by atoms with Crippen molar-refractivity contribution in [1.82, 2.24) is 9.21 Å². The van der Waals surface area contributed by atoms with Crippen molar-refractivity contribution < 1.29 is 21.6 Å². The van der Waals surface area contributed by atoms with Gasteiger partial charge in [0.15, 0.2) is 9.84 Å². The number of sulfone groups is 1. The number of piperazine rings is 1. The lowest BCUT2D eigenvalue weighted by molar-refractivity contribution is -0.137. The summed E-state index contributed by atoms with van der Waals surface area (Å²) < 4.78 is 49.8. The quantitative estimate of drug-likeness (QED) is 0.640. The number of amides is 1. The first kappa shape index (κ1) is 21.9. The molecule has 8 nitrogen and oxygen atoms in total. The van der Waals surface area contributed by atoms with Crippen LogP contribution in [0.25, 0.3) is 0 Å². The number of carbonyl (C=O) groups excluding carboxylic acids is 1. The number of rotatable bonds is 4. The third-order valence-electron chi connectivity index (χ3n) is 5.80. The van der Waals surface area contributed by atoms with Gasteiger partial charge in [-0.2, -0.15) is 4.31 Å². The van der Waals surface area contributed by atoms with Gasteiger partial charge in [0.05, 0.1) is 16.8 Å². The van der Waals surface area contributed by atoms with E-state index < -0.39 is 25.1 Å². The Morgan fingerprint density at radius 1 is 1.08 bits per heavy atom. The summed E-state index contributed by atoms with van der Waals surface area (Å²) in [6, 6.07) is 0. The zero-order chi connectivity index (χ0) is 18.2. The average Bonchev–Trinajstić information content (AvgIpc) is 3.20. The largest absolute Gasteiger partial charge is 0.340 e. The number of halogens is 1. The van der Waals surface area contributed by atoms with Crippen molar-refractivity contribution in [3.63, 3.8) is 0 Å². The van der Waals surface area contributed by atoms with Gasteiger partial charge in [-0.15, -0.1) is 12.4 Å². The van der Waals surface area contributed by atoms with Gasteiger partial charge < -0.3 is 10.6 Å². The van der Waals surface area contributed by atoms with E-state index in [9.17, 15) is 21.6 Å². The summed E-state index contributed by atoms with van der Waals surface area (Å²) in [4.78, 5) is 14.4. The van der Waals surface area contributed by atoms with Gasteiger partial charge in [0.2, 0.25) is 15.9 Å². The molecule has 3 aliphatic rings. The molecule has 2 saturated heterocycles. The summed E-state index contributed by atoms with van der Waals surface area (Å²) in [6.45, 7) is 1.73. The van der Waals surface area contributed by atoms with Crippen LogP contribution in [-0.2, 0) is 24.7 Å². The number of nitrogens with zero attached hydrogens (tertiary/aromatic N) is 2. The Bertz CT molecular complexity index is 720. The second-order valence-electron chi connectivity index (χ2n) is 7.33. The van der Waals surface area contributed by atoms with Crippen molar-refractivity contribution in [2.24, 2.45) is 17.6 Å². The van der Waals surface area contributed by atoms with Gasteiger partial charge in [-0.3, -0.25) is 4.79 Å². The minimum Gasteiger partial charge on any atom is -0.340 e. The van der Waals surface area contributed by atoms with Crippen LogP contribution in [0.3, 0.4) is 0 Å². The van der Waals surface area contributed by atoms with E-state index in [1.54, 1.807) is 4.90 Å². The maximum absolute atomic E-state index is 12.7. The van der Waals surface area contributed by atoms with Crippen LogP contribution >= 0.6 is 12.4 Å². The molecular formula is C15H28ClN3O5S2. The maximum Gasteiger partial charge on any atom is 0.226 e. The third-order valence-corrected chi connectivity index (χ3v) is 10.1. The van der Waals surface area contributed by atoms with E-state index in [-0.39, 0.29) is 61.2 Å². The second-order valence-corrected chi connectivity index (χ2v) is 11.8. The zero-order valence-electron chi connectivity index (χ0n) is 14.7. The van der Waals surface area contributed by atoms with Crippen LogP contribution in [0, 0.1) is 11.8 Å². The first-order chi connectivity index (χ1) is 11.7. The third kappa shape index (κ3) is 4.35. The van der Waals surface area contributed by atoms with Gasteiger partial charge in [-0.25, -0.2) is 16.8 Å². The standard InChI is InChI=1S/C15H27N3O5S2.ClH/c16-10-12-2-1-3-14(12)15(19)17-5-7-18(8-6-17)25(22,23)13-4-9-24(20,21)11-13;/h12-14H,1-11,16H2;1H/t12-,13?,14-;/m1./s1. The molecule has 11 heteroatoms. The predicted molar refractivity (Wildman–Crippen MR) is 101 cm³/mol. The molecule has 1 aliphatic carbocycles. The van der Waals surface area contributed by atoms with Crippen molar-refractivity contribution in [1.29, 1.82) is 0 Å². The maximum atomic E-state index is 12.7. The molecule has 0 aromatic carbocycles. The number of hydrogen-bond donors (Lipinski definition) is 1. The highest BCUT2D eigenvalue weighted by Crippen LogP contribution is 2.33. The van der Waals surface area contributed by atoms with Gasteiger partial charge in [-0.1, -0.05) is 6.42 Å². The molecule has 2 aliphatic heterocycles. The van der Waals surface area contributed by atoms with Gasteiger partial charge in [0.25, 0.3) is 0 Å². The molecule has 0 bridgehead atoms. The number of carbonyl (C=O) groups is 1. The minimum absolute atomic E-state index is 0. The molecule has 3 rings (SSSR count). The summed E-state index contributed by atoms with van der Waals surface area (Å²) in [7, 11) is -6.86. The second kappa shape index (κ2) is 8.30. The Morgan fingerprint density at radius 2 is 1.73 bits per heavy atom. The summed E-state index contributed by atoms with van der Waals surface area (Å²) >= 11 is 0. The van der Waals surface area contributed by atoms with Crippen LogP contribution in [0.4, 0.5) is 0 Å². The summed E-state index contributed by atoms with van der Waals surface area (Å²) in [6.07, 6.45) is 3.03. The highest BCUT2D eigenvalue weighted by molar-refractivity contribution is 7.95. The topological polar surface area (TPSA) is 118 Å². The number of hydrogen-bond acceptors (Lipinski definition) is 6. The first-order valence-electron chi connectivity index (χ1n) is 8.93. The molecule has 0 aromatic heterocycles. The fourth-order valence-electron chi connectivity index (χ4n) is 4.25. The van der Waals surface area contributed by atoms with Gasteiger partial charge >= 0.3 is 0 Å². The molecule has 1 unspecified atom stereocenters. The molecule has 3 atom stereocenters. The molecule has 1 saturated carbocycles. The van der Waals surface area contributed by atoms with Crippen molar-refractivity contribution in [3.05, 3.63) is 0 Å². The Balaban J connectivity index is 0.00000243. The summed E-state index contributed by atoms with van der Waals surface area (Å²) in [5, 5.41) is -0.837. The van der Waals surface area contributed by atoms with E-state index in [0.29, 0.717) is 19.6 Å². The Hall–Kier alpha value is -0.420. The van der Waals surface area contributed by atoms with Crippen LogP contribution in [0.5, 0.6) is 0 Å². The smallest absolute Gasteiger partial charge is 0.226 e. The van der Waals surface area contributed by atoms with E-state index in [1.807, 2.05) is 0 Å². The molecular weight excluding hydrogens is 402 g/mol. The first-order valence-corrected chi connectivity index (χ1v) is 12.3. The summed E-state index contributed by atoms with van der Waals surface area (Å²) in [5.41, 5.74) is 5.76. The van der Waals surface area contributed by atoms with E-state index in [0.717, 1.165) is 19.3 Å². The molecule has 3 fully saturated rings. The number of sulfonamides is 1. The van der Waals surface area contributed by atoms with Crippen LogP contribution in [0.2, 0.25) is 0 Å². The van der Waals surface area contributed by atoms with Gasteiger partial charge in [0, 0.05) is 32.1 Å². The van der Waals surface area contributed by atoms with Crippen LogP contribution in [0.15, 0.2) is 0 Å². The van der Waals surface area contributed by atoms with E-state index in [1.165, 1.54) is 4.31 Å². The molecule has 152 valence electrons. The molecule has 2 heterocycles. The van der Waals surface area contributed by atoms with Gasteiger partial charge in [-0.05, 0) is 31.7 Å². The minimum atomic E-state index is -3.62. The molecule has 0 radical (unpaired) electrons. The molecule has 2 N–H and O–H groups in total. The van der Waals surface area contributed by atoms with Crippen LogP contribution in [0.1, 0.15) is 25.7 Å². The molecule has 1 amide bonds. The normalized spacial score (nSPS) is 32.3. The van der Waals surface area contributed by atoms with Gasteiger partial charge in [0.1, 0.15) is 0 Å².